The van der Waals surface area contributed by atoms with E-state index in [2.05, 4.69) is 11.1 Å². The maximum absolute atomic E-state index is 9.17. The Kier molecular flexibility index (Phi) is 3.33. The summed E-state index contributed by atoms with van der Waals surface area (Å²) in [6, 6.07) is 12.2. The minimum absolute atomic E-state index is 0.0262. The van der Waals surface area contributed by atoms with Crippen LogP contribution in [-0.2, 0) is 0 Å². The molecule has 3 heteroatoms. The van der Waals surface area contributed by atoms with Gasteiger partial charge in [0.25, 0.3) is 0 Å². The lowest BCUT2D eigenvalue weighted by Crippen LogP contribution is -2.29. The molecule has 0 saturated heterocycles. The molecule has 0 N–H and O–H groups in total. The van der Waals surface area contributed by atoms with Gasteiger partial charge in [0.15, 0.2) is 0 Å². The average Bonchev–Trinajstić information content (AvgIpc) is 2.48. The molecule has 19 heavy (non-hydrogen) atoms. The zero-order valence-corrected chi connectivity index (χ0v) is 10.7. The fourth-order valence-electron chi connectivity index (χ4n) is 2.69. The van der Waals surface area contributed by atoms with Gasteiger partial charge in [0, 0.05) is 11.6 Å². The molecular weight excluding hydrogens is 236 g/mol. The van der Waals surface area contributed by atoms with Crippen LogP contribution in [0.5, 0.6) is 5.75 Å². The maximum Gasteiger partial charge on any atom is 0.120 e. The molecule has 0 amide bonds. The number of aromatic nitrogens is 1. The van der Waals surface area contributed by atoms with Gasteiger partial charge in [-0.25, -0.2) is 0 Å². The molecule has 1 aromatic heterocycles. The first-order valence-electron chi connectivity index (χ1n) is 6.78. The average molecular weight is 252 g/mol. The molecule has 0 bridgehead atoms. The summed E-state index contributed by atoms with van der Waals surface area (Å²) in [6.07, 6.45) is 6.04. The third-order valence-electron chi connectivity index (χ3n) is 3.73. The molecule has 0 spiro atoms. The second-order valence-electron chi connectivity index (χ2n) is 5.03. The lowest BCUT2D eigenvalue weighted by Gasteiger charge is -2.27. The van der Waals surface area contributed by atoms with Gasteiger partial charge in [-0.3, -0.25) is 4.98 Å². The highest BCUT2D eigenvalue weighted by atomic mass is 16.5. The quantitative estimate of drug-likeness (QED) is 0.818. The summed E-state index contributed by atoms with van der Waals surface area (Å²) >= 11 is 0. The van der Waals surface area contributed by atoms with E-state index in [0.717, 1.165) is 42.3 Å². The van der Waals surface area contributed by atoms with Gasteiger partial charge in [-0.1, -0.05) is 12.5 Å². The number of pyridine rings is 1. The molecule has 1 heterocycles. The molecule has 1 aromatic carbocycles. The SMILES string of the molecule is N#CC1CCCCC1Oc1ccc2ncccc2c1. The zero-order valence-electron chi connectivity index (χ0n) is 10.7. The molecular formula is C16H16N2O. The van der Waals surface area contributed by atoms with Crippen LogP contribution in [0.2, 0.25) is 0 Å². The summed E-state index contributed by atoms with van der Waals surface area (Å²) in [5.74, 6) is 0.867. The molecule has 3 rings (SSSR count). The van der Waals surface area contributed by atoms with Crippen molar-refractivity contribution in [3.63, 3.8) is 0 Å². The molecule has 1 aliphatic rings. The van der Waals surface area contributed by atoms with Crippen LogP contribution in [-0.4, -0.2) is 11.1 Å². The minimum Gasteiger partial charge on any atom is -0.489 e. The topological polar surface area (TPSA) is 45.9 Å². The first kappa shape index (κ1) is 12.0. The molecule has 2 atom stereocenters. The van der Waals surface area contributed by atoms with Crippen LogP contribution in [0.3, 0.4) is 0 Å². The van der Waals surface area contributed by atoms with Crippen LogP contribution >= 0.6 is 0 Å². The van der Waals surface area contributed by atoms with Crippen LogP contribution in [0.4, 0.5) is 0 Å². The van der Waals surface area contributed by atoms with Crippen LogP contribution < -0.4 is 4.74 Å². The van der Waals surface area contributed by atoms with E-state index in [9.17, 15) is 5.26 Å². The minimum atomic E-state index is 0.0262. The molecule has 2 aromatic rings. The van der Waals surface area contributed by atoms with Crippen molar-refractivity contribution in [3.05, 3.63) is 36.5 Å². The van der Waals surface area contributed by atoms with Gasteiger partial charge in [-0.15, -0.1) is 0 Å². The number of hydrogen-bond acceptors (Lipinski definition) is 3. The van der Waals surface area contributed by atoms with Crippen LogP contribution in [0.25, 0.3) is 10.9 Å². The van der Waals surface area contributed by atoms with Crippen molar-refractivity contribution in [2.75, 3.05) is 0 Å². The second kappa shape index (κ2) is 5.27. The molecule has 1 aliphatic carbocycles. The third-order valence-corrected chi connectivity index (χ3v) is 3.73. The van der Waals surface area contributed by atoms with Crippen molar-refractivity contribution < 1.29 is 4.74 Å². The smallest absolute Gasteiger partial charge is 0.120 e. The predicted octanol–water partition coefficient (Wildman–Crippen LogP) is 3.70. The fourth-order valence-corrected chi connectivity index (χ4v) is 2.69. The fraction of sp³-hybridized carbons (Fsp3) is 0.375. The lowest BCUT2D eigenvalue weighted by atomic mass is 9.87. The second-order valence-corrected chi connectivity index (χ2v) is 5.03. The van der Waals surface area contributed by atoms with Crippen molar-refractivity contribution in [1.29, 1.82) is 5.26 Å². The van der Waals surface area contributed by atoms with Crippen molar-refractivity contribution in [2.24, 2.45) is 5.92 Å². The monoisotopic (exact) mass is 252 g/mol. The first-order chi connectivity index (χ1) is 9.36. The first-order valence-corrected chi connectivity index (χ1v) is 6.78. The molecule has 1 saturated carbocycles. The molecule has 3 nitrogen and oxygen atoms in total. The largest absolute Gasteiger partial charge is 0.489 e. The summed E-state index contributed by atoms with van der Waals surface area (Å²) in [7, 11) is 0. The Morgan fingerprint density at radius 1 is 1.21 bits per heavy atom. The molecule has 0 radical (unpaired) electrons. The van der Waals surface area contributed by atoms with Crippen LogP contribution in [0.1, 0.15) is 25.7 Å². The molecule has 2 unspecified atom stereocenters. The Morgan fingerprint density at radius 3 is 3.00 bits per heavy atom. The van der Waals surface area contributed by atoms with Gasteiger partial charge >= 0.3 is 0 Å². The number of nitriles is 1. The van der Waals surface area contributed by atoms with E-state index in [1.54, 1.807) is 6.20 Å². The normalized spacial score (nSPS) is 22.9. The van der Waals surface area contributed by atoms with E-state index >= 15 is 0 Å². The van der Waals surface area contributed by atoms with E-state index in [1.165, 1.54) is 0 Å². The van der Waals surface area contributed by atoms with Gasteiger partial charge in [-0.2, -0.15) is 5.26 Å². The van der Waals surface area contributed by atoms with Crippen molar-refractivity contribution in [1.82, 2.24) is 4.98 Å². The van der Waals surface area contributed by atoms with Crippen molar-refractivity contribution >= 4 is 10.9 Å². The van der Waals surface area contributed by atoms with Gasteiger partial charge in [0.2, 0.25) is 0 Å². The van der Waals surface area contributed by atoms with E-state index in [0.29, 0.717) is 0 Å². The standard InChI is InChI=1S/C16H16N2O/c17-11-13-4-1-2-6-16(13)19-14-7-8-15-12(10-14)5-3-9-18-15/h3,5,7-10,13,16H,1-2,4,6H2. The summed E-state index contributed by atoms with van der Waals surface area (Å²) in [5.41, 5.74) is 0.968. The predicted molar refractivity (Wildman–Crippen MR) is 73.7 cm³/mol. The highest BCUT2D eigenvalue weighted by molar-refractivity contribution is 5.79. The number of ether oxygens (including phenoxy) is 1. The maximum atomic E-state index is 9.17. The van der Waals surface area contributed by atoms with E-state index in [-0.39, 0.29) is 12.0 Å². The Balaban J connectivity index is 1.82. The summed E-state index contributed by atoms with van der Waals surface area (Å²) in [5, 5.41) is 10.2. The number of fused-ring (bicyclic) bond motifs is 1. The Bertz CT molecular complexity index is 617. The molecule has 1 fully saturated rings. The Morgan fingerprint density at radius 2 is 2.11 bits per heavy atom. The highest BCUT2D eigenvalue weighted by Gasteiger charge is 2.26. The Labute approximate surface area is 112 Å². The van der Waals surface area contributed by atoms with Gasteiger partial charge in [0.05, 0.1) is 17.5 Å². The van der Waals surface area contributed by atoms with E-state index in [4.69, 9.17) is 4.74 Å². The number of nitrogens with zero attached hydrogens (tertiary/aromatic N) is 2. The number of benzene rings is 1. The van der Waals surface area contributed by atoms with Crippen molar-refractivity contribution in [3.8, 4) is 11.8 Å². The Hall–Kier alpha value is -2.08. The summed E-state index contributed by atoms with van der Waals surface area (Å²) in [4.78, 5) is 4.29. The summed E-state index contributed by atoms with van der Waals surface area (Å²) < 4.78 is 6.02. The number of rotatable bonds is 2. The van der Waals surface area contributed by atoms with E-state index in [1.807, 2.05) is 30.3 Å². The van der Waals surface area contributed by atoms with Crippen molar-refractivity contribution in [2.45, 2.75) is 31.8 Å². The van der Waals surface area contributed by atoms with Gasteiger partial charge < -0.3 is 4.74 Å². The zero-order chi connectivity index (χ0) is 13.1. The van der Waals surface area contributed by atoms with Gasteiger partial charge in [0.1, 0.15) is 11.9 Å². The highest BCUT2D eigenvalue weighted by Crippen LogP contribution is 2.29. The summed E-state index contributed by atoms with van der Waals surface area (Å²) in [6.45, 7) is 0. The van der Waals surface area contributed by atoms with Crippen LogP contribution in [0, 0.1) is 17.2 Å². The molecule has 96 valence electrons. The number of hydrogen-bond donors (Lipinski definition) is 0. The lowest BCUT2D eigenvalue weighted by molar-refractivity contribution is 0.120. The molecule has 0 aliphatic heterocycles. The third kappa shape index (κ3) is 2.53. The van der Waals surface area contributed by atoms with Gasteiger partial charge in [-0.05, 0) is 43.5 Å². The van der Waals surface area contributed by atoms with Crippen LogP contribution in [0.15, 0.2) is 36.5 Å². The van der Waals surface area contributed by atoms with E-state index < -0.39 is 0 Å².